The molecule has 0 bridgehead atoms. The minimum absolute atomic E-state index is 0.262. The number of rotatable bonds is 5. The highest BCUT2D eigenvalue weighted by Crippen LogP contribution is 2.37. The third kappa shape index (κ3) is 3.94. The minimum atomic E-state index is -0.965. The normalized spacial score (nSPS) is 20.0. The van der Waals surface area contributed by atoms with Gasteiger partial charge in [-0.05, 0) is 24.8 Å². The average molecular weight is 386 g/mol. The minimum Gasteiger partial charge on any atom is -0.381 e. The van der Waals surface area contributed by atoms with E-state index in [0.717, 1.165) is 12.2 Å². The van der Waals surface area contributed by atoms with Crippen molar-refractivity contribution in [3.05, 3.63) is 41.5 Å². The summed E-state index contributed by atoms with van der Waals surface area (Å²) in [7, 11) is 0. The van der Waals surface area contributed by atoms with Gasteiger partial charge in [-0.2, -0.15) is 4.98 Å². The maximum absolute atomic E-state index is 14.5. The molecule has 0 spiro atoms. The Morgan fingerprint density at radius 1 is 1.21 bits per heavy atom. The summed E-state index contributed by atoms with van der Waals surface area (Å²) in [6.07, 6.45) is 8.02. The first-order valence-corrected chi connectivity index (χ1v) is 10.2. The van der Waals surface area contributed by atoms with Gasteiger partial charge >= 0.3 is 0 Å². The Balaban J connectivity index is 1.50. The molecule has 150 valence electrons. The molecule has 2 fully saturated rings. The number of hydrogen-bond donors (Lipinski definition) is 2. The molecule has 0 atom stereocenters. The molecule has 28 heavy (non-hydrogen) atoms. The van der Waals surface area contributed by atoms with E-state index in [1.165, 1.54) is 38.2 Å². The average Bonchev–Trinajstić information content (AvgIpc) is 3.16. The number of amides is 1. The van der Waals surface area contributed by atoms with Crippen LogP contribution in [-0.2, 0) is 21.4 Å². The Kier molecular flexibility index (Phi) is 5.71. The second-order valence-corrected chi connectivity index (χ2v) is 7.94. The van der Waals surface area contributed by atoms with E-state index in [2.05, 4.69) is 20.5 Å². The number of halogens is 1. The highest BCUT2D eigenvalue weighted by Gasteiger charge is 2.43. The van der Waals surface area contributed by atoms with Gasteiger partial charge in [0.25, 0.3) is 0 Å². The van der Waals surface area contributed by atoms with Crippen molar-refractivity contribution in [2.24, 2.45) is 5.92 Å². The van der Waals surface area contributed by atoms with Crippen LogP contribution in [0.4, 0.5) is 10.3 Å². The van der Waals surface area contributed by atoms with Crippen molar-refractivity contribution < 1.29 is 13.9 Å². The first-order chi connectivity index (χ1) is 13.7. The van der Waals surface area contributed by atoms with Crippen molar-refractivity contribution in [1.29, 1.82) is 0 Å². The lowest BCUT2D eigenvalue weighted by Gasteiger charge is -2.36. The number of aromatic amines is 1. The van der Waals surface area contributed by atoms with Gasteiger partial charge in [-0.15, -0.1) is 5.10 Å². The number of anilines is 1. The lowest BCUT2D eigenvalue weighted by Crippen LogP contribution is -2.45. The van der Waals surface area contributed by atoms with E-state index >= 15 is 0 Å². The highest BCUT2D eigenvalue weighted by molar-refractivity contribution is 5.98. The number of ether oxygens (including phenoxy) is 1. The molecule has 2 aromatic rings. The summed E-state index contributed by atoms with van der Waals surface area (Å²) in [6.45, 7) is 0.839. The number of nitrogens with one attached hydrogen (secondary N) is 2. The highest BCUT2D eigenvalue weighted by atomic mass is 19.1. The summed E-state index contributed by atoms with van der Waals surface area (Å²) in [5.41, 5.74) is -0.554. The van der Waals surface area contributed by atoms with E-state index < -0.39 is 5.41 Å². The molecule has 4 rings (SSSR count). The second kappa shape index (κ2) is 8.39. The summed E-state index contributed by atoms with van der Waals surface area (Å²) in [5.74, 6) is 1.05. The van der Waals surface area contributed by atoms with Gasteiger partial charge in [-0.3, -0.25) is 15.2 Å². The van der Waals surface area contributed by atoms with Gasteiger partial charge in [0.05, 0.1) is 5.41 Å². The monoisotopic (exact) mass is 386 g/mol. The zero-order valence-corrected chi connectivity index (χ0v) is 16.0. The fraction of sp³-hybridized carbons (Fsp3) is 0.571. The van der Waals surface area contributed by atoms with Crippen LogP contribution in [0.3, 0.4) is 0 Å². The van der Waals surface area contributed by atoms with Gasteiger partial charge in [-0.1, -0.05) is 50.3 Å². The molecule has 2 heterocycles. The number of benzene rings is 1. The summed E-state index contributed by atoms with van der Waals surface area (Å²) in [4.78, 5) is 17.7. The number of H-pyrrole nitrogens is 1. The van der Waals surface area contributed by atoms with Crippen LogP contribution in [0.5, 0.6) is 0 Å². The van der Waals surface area contributed by atoms with Crippen molar-refractivity contribution in [3.8, 4) is 0 Å². The van der Waals surface area contributed by atoms with Crippen LogP contribution in [0, 0.1) is 11.7 Å². The van der Waals surface area contributed by atoms with Gasteiger partial charge in [0.1, 0.15) is 11.6 Å². The number of nitrogens with zero attached hydrogens (tertiary/aromatic N) is 2. The molecule has 1 aromatic heterocycles. The predicted octanol–water partition coefficient (Wildman–Crippen LogP) is 3.75. The van der Waals surface area contributed by atoms with Gasteiger partial charge in [-0.25, -0.2) is 4.39 Å². The standard InChI is InChI=1S/C21H27FN4O2/c22-17-9-5-4-8-16(17)21(10-12-28-13-11-21)19(27)24-20-23-18(25-26-20)14-15-6-2-1-3-7-15/h4-5,8-9,15H,1-3,6-7,10-14H2,(H2,23,24,25,26,27). The third-order valence-electron chi connectivity index (χ3n) is 6.13. The number of aromatic nitrogens is 3. The summed E-state index contributed by atoms with van der Waals surface area (Å²) in [6, 6.07) is 6.48. The molecule has 2 aliphatic rings. The smallest absolute Gasteiger partial charge is 0.248 e. The van der Waals surface area contributed by atoms with Gasteiger partial charge < -0.3 is 4.74 Å². The first-order valence-electron chi connectivity index (χ1n) is 10.2. The Morgan fingerprint density at radius 3 is 2.71 bits per heavy atom. The SMILES string of the molecule is O=C(Nc1n[nH]c(CC2CCCCC2)n1)C1(c2ccccc2F)CCOCC1. The van der Waals surface area contributed by atoms with Crippen molar-refractivity contribution >= 4 is 11.9 Å². The molecule has 6 nitrogen and oxygen atoms in total. The third-order valence-corrected chi connectivity index (χ3v) is 6.13. The molecule has 0 unspecified atom stereocenters. The predicted molar refractivity (Wildman–Crippen MR) is 103 cm³/mol. The topological polar surface area (TPSA) is 79.9 Å². The van der Waals surface area contributed by atoms with Crippen molar-refractivity contribution in [1.82, 2.24) is 15.2 Å². The van der Waals surface area contributed by atoms with Gasteiger partial charge in [0.2, 0.25) is 11.9 Å². The van der Waals surface area contributed by atoms with Crippen LogP contribution in [0.2, 0.25) is 0 Å². The van der Waals surface area contributed by atoms with E-state index in [1.807, 2.05) is 0 Å². The number of hydrogen-bond acceptors (Lipinski definition) is 4. The Morgan fingerprint density at radius 2 is 1.96 bits per heavy atom. The van der Waals surface area contributed by atoms with Gasteiger partial charge in [0.15, 0.2) is 0 Å². The maximum atomic E-state index is 14.5. The fourth-order valence-corrected chi connectivity index (χ4v) is 4.52. The van der Waals surface area contributed by atoms with E-state index in [-0.39, 0.29) is 17.7 Å². The lowest BCUT2D eigenvalue weighted by atomic mass is 9.73. The Hall–Kier alpha value is -2.28. The molecular formula is C21H27FN4O2. The molecule has 0 radical (unpaired) electrons. The van der Waals surface area contributed by atoms with Crippen molar-refractivity contribution in [2.45, 2.75) is 56.8 Å². The fourth-order valence-electron chi connectivity index (χ4n) is 4.52. The van der Waals surface area contributed by atoms with Crippen LogP contribution in [0.25, 0.3) is 0 Å². The summed E-state index contributed by atoms with van der Waals surface area (Å²) >= 11 is 0. The van der Waals surface area contributed by atoms with Crippen molar-refractivity contribution in [2.75, 3.05) is 18.5 Å². The van der Waals surface area contributed by atoms with Crippen LogP contribution < -0.4 is 5.32 Å². The zero-order valence-electron chi connectivity index (χ0n) is 16.0. The maximum Gasteiger partial charge on any atom is 0.248 e. The molecule has 2 N–H and O–H groups in total. The quantitative estimate of drug-likeness (QED) is 0.820. The number of carbonyl (C=O) groups is 1. The molecule has 1 aliphatic heterocycles. The summed E-state index contributed by atoms with van der Waals surface area (Å²) in [5, 5.41) is 9.94. The van der Waals surface area contributed by atoms with Crippen LogP contribution in [0.1, 0.15) is 56.3 Å². The van der Waals surface area contributed by atoms with Crippen LogP contribution >= 0.6 is 0 Å². The number of carbonyl (C=O) groups excluding carboxylic acids is 1. The zero-order chi connectivity index (χ0) is 19.4. The van der Waals surface area contributed by atoms with E-state index in [9.17, 15) is 9.18 Å². The van der Waals surface area contributed by atoms with E-state index in [4.69, 9.17) is 4.74 Å². The molecule has 1 saturated carbocycles. The lowest BCUT2D eigenvalue weighted by molar-refractivity contribution is -0.125. The second-order valence-electron chi connectivity index (χ2n) is 7.94. The Labute approximate surface area is 164 Å². The Bertz CT molecular complexity index is 810. The van der Waals surface area contributed by atoms with Crippen LogP contribution in [-0.4, -0.2) is 34.3 Å². The van der Waals surface area contributed by atoms with Crippen molar-refractivity contribution in [3.63, 3.8) is 0 Å². The molecular weight excluding hydrogens is 359 g/mol. The molecule has 1 aromatic carbocycles. The summed E-state index contributed by atoms with van der Waals surface area (Å²) < 4.78 is 20.0. The van der Waals surface area contributed by atoms with Gasteiger partial charge in [0, 0.05) is 25.2 Å². The molecule has 1 amide bonds. The first kappa shape index (κ1) is 19.1. The molecule has 7 heteroatoms. The van der Waals surface area contributed by atoms with Crippen LogP contribution in [0.15, 0.2) is 24.3 Å². The van der Waals surface area contributed by atoms with E-state index in [1.54, 1.807) is 18.2 Å². The largest absolute Gasteiger partial charge is 0.381 e. The molecule has 1 aliphatic carbocycles. The molecule has 1 saturated heterocycles. The van der Waals surface area contributed by atoms with E-state index in [0.29, 0.717) is 37.5 Å².